The van der Waals surface area contributed by atoms with Crippen molar-refractivity contribution in [2.24, 2.45) is 0 Å². The minimum atomic E-state index is -0.112. The van der Waals surface area contributed by atoms with Gasteiger partial charge in [-0.15, -0.1) is 10.2 Å². The maximum absolute atomic E-state index is 11.9. The van der Waals surface area contributed by atoms with Crippen molar-refractivity contribution in [2.75, 3.05) is 11.1 Å². The second-order valence-electron chi connectivity index (χ2n) is 4.20. The molecule has 2 rings (SSSR count). The minimum Gasteiger partial charge on any atom is -0.310 e. The second-order valence-corrected chi connectivity index (χ2v) is 6.05. The smallest absolute Gasteiger partial charge is 0.236 e. The molecule has 1 amide bonds. The molecular formula is C13H16BrN5OS. The average molecular weight is 370 g/mol. The number of carbonyl (C=O) groups excluding carboxylic acids is 1. The van der Waals surface area contributed by atoms with Crippen LogP contribution in [-0.2, 0) is 17.8 Å². The summed E-state index contributed by atoms with van der Waals surface area (Å²) < 4.78 is 2.90. The zero-order chi connectivity index (χ0) is 15.2. The summed E-state index contributed by atoms with van der Waals surface area (Å²) in [5, 5.41) is 11.8. The normalized spacial score (nSPS) is 10.6. The number of hydrogen-bond acceptors (Lipinski definition) is 5. The largest absolute Gasteiger partial charge is 0.310 e. The van der Waals surface area contributed by atoms with Gasteiger partial charge in [-0.2, -0.15) is 0 Å². The van der Waals surface area contributed by atoms with E-state index in [0.29, 0.717) is 5.82 Å². The molecule has 2 aromatic rings. The monoisotopic (exact) mass is 369 g/mol. The van der Waals surface area contributed by atoms with Crippen LogP contribution in [0.2, 0.25) is 0 Å². The fourth-order valence-electron chi connectivity index (χ4n) is 1.76. The van der Waals surface area contributed by atoms with Gasteiger partial charge < -0.3 is 9.88 Å². The lowest BCUT2D eigenvalue weighted by atomic mass is 10.4. The van der Waals surface area contributed by atoms with E-state index in [2.05, 4.69) is 36.4 Å². The molecule has 2 aromatic heterocycles. The molecule has 1 N–H and O–H groups in total. The van der Waals surface area contributed by atoms with Gasteiger partial charge in [-0.25, -0.2) is 4.98 Å². The molecule has 0 aliphatic heterocycles. The van der Waals surface area contributed by atoms with Crippen LogP contribution in [0.3, 0.4) is 0 Å². The fraction of sp³-hybridized carbons (Fsp3) is 0.385. The van der Waals surface area contributed by atoms with Crippen LogP contribution in [0.15, 0.2) is 28.0 Å². The number of rotatable bonds is 6. The van der Waals surface area contributed by atoms with Crippen molar-refractivity contribution in [1.82, 2.24) is 19.7 Å². The van der Waals surface area contributed by atoms with Crippen molar-refractivity contribution in [3.05, 3.63) is 28.6 Å². The maximum atomic E-state index is 11.9. The molecule has 0 aliphatic carbocycles. The summed E-state index contributed by atoms with van der Waals surface area (Å²) in [7, 11) is 0. The number of aromatic nitrogens is 4. The van der Waals surface area contributed by atoms with Crippen LogP contribution >= 0.6 is 27.7 Å². The highest BCUT2D eigenvalue weighted by molar-refractivity contribution is 9.10. The number of anilines is 1. The summed E-state index contributed by atoms with van der Waals surface area (Å²) in [6, 6.07) is 3.58. The van der Waals surface area contributed by atoms with Crippen LogP contribution < -0.4 is 5.32 Å². The van der Waals surface area contributed by atoms with Crippen molar-refractivity contribution in [3.63, 3.8) is 0 Å². The van der Waals surface area contributed by atoms with E-state index < -0.39 is 0 Å². The zero-order valence-corrected chi connectivity index (χ0v) is 14.2. The number of nitrogens with one attached hydrogen (secondary N) is 1. The SMILES string of the molecule is CCc1nnc(SCC(=O)Nc2ccc(Br)cn2)n1CC. The van der Waals surface area contributed by atoms with Gasteiger partial charge in [0.2, 0.25) is 5.91 Å². The number of amides is 1. The molecule has 0 atom stereocenters. The number of aryl methyl sites for hydroxylation is 1. The van der Waals surface area contributed by atoms with Crippen LogP contribution in [0.5, 0.6) is 0 Å². The Balaban J connectivity index is 1.92. The van der Waals surface area contributed by atoms with E-state index >= 15 is 0 Å². The molecule has 0 aliphatic rings. The number of nitrogens with zero attached hydrogens (tertiary/aromatic N) is 4. The third-order valence-corrected chi connectivity index (χ3v) is 4.19. The molecule has 0 saturated carbocycles. The van der Waals surface area contributed by atoms with E-state index in [1.54, 1.807) is 12.3 Å². The fourth-order valence-corrected chi connectivity index (χ4v) is 2.82. The van der Waals surface area contributed by atoms with Gasteiger partial charge >= 0.3 is 0 Å². The second kappa shape index (κ2) is 7.56. The lowest BCUT2D eigenvalue weighted by Gasteiger charge is -2.06. The highest BCUT2D eigenvalue weighted by Crippen LogP contribution is 2.18. The Kier molecular flexibility index (Phi) is 5.75. The summed E-state index contributed by atoms with van der Waals surface area (Å²) >= 11 is 4.68. The van der Waals surface area contributed by atoms with E-state index in [-0.39, 0.29) is 11.7 Å². The standard InChI is InChI=1S/C13H16BrN5OS/c1-3-11-17-18-13(19(11)4-2)21-8-12(20)16-10-6-5-9(14)7-15-10/h5-7H,3-4,8H2,1-2H3,(H,15,16,20). The van der Waals surface area contributed by atoms with E-state index in [0.717, 1.165) is 28.4 Å². The number of pyridine rings is 1. The van der Waals surface area contributed by atoms with Crippen molar-refractivity contribution in [2.45, 2.75) is 32.0 Å². The molecule has 0 radical (unpaired) electrons. The lowest BCUT2D eigenvalue weighted by molar-refractivity contribution is -0.113. The van der Waals surface area contributed by atoms with E-state index in [4.69, 9.17) is 0 Å². The van der Waals surface area contributed by atoms with Crippen molar-refractivity contribution in [3.8, 4) is 0 Å². The van der Waals surface area contributed by atoms with Gasteiger partial charge in [-0.3, -0.25) is 4.79 Å². The van der Waals surface area contributed by atoms with Crippen LogP contribution in [0.1, 0.15) is 19.7 Å². The Morgan fingerprint density at radius 2 is 2.19 bits per heavy atom. The first-order valence-electron chi connectivity index (χ1n) is 6.60. The maximum Gasteiger partial charge on any atom is 0.236 e. The van der Waals surface area contributed by atoms with Crippen LogP contribution in [0.4, 0.5) is 5.82 Å². The summed E-state index contributed by atoms with van der Waals surface area (Å²) in [6.45, 7) is 4.88. The van der Waals surface area contributed by atoms with Gasteiger partial charge in [0, 0.05) is 23.6 Å². The molecular weight excluding hydrogens is 354 g/mol. The molecule has 0 saturated heterocycles. The Labute approximate surface area is 135 Å². The predicted molar refractivity (Wildman–Crippen MR) is 86.4 cm³/mol. The van der Waals surface area contributed by atoms with Crippen LogP contribution in [0.25, 0.3) is 0 Å². The Morgan fingerprint density at radius 3 is 2.81 bits per heavy atom. The van der Waals surface area contributed by atoms with Crippen LogP contribution in [0, 0.1) is 0 Å². The van der Waals surface area contributed by atoms with Gasteiger partial charge in [0.15, 0.2) is 5.16 Å². The first kappa shape index (κ1) is 16.0. The number of halogens is 1. The lowest BCUT2D eigenvalue weighted by Crippen LogP contribution is -2.15. The molecule has 0 aromatic carbocycles. The molecule has 21 heavy (non-hydrogen) atoms. The zero-order valence-electron chi connectivity index (χ0n) is 11.8. The van der Waals surface area contributed by atoms with E-state index in [9.17, 15) is 4.79 Å². The highest BCUT2D eigenvalue weighted by atomic mass is 79.9. The van der Waals surface area contributed by atoms with Crippen molar-refractivity contribution >= 4 is 39.4 Å². The molecule has 2 heterocycles. The Morgan fingerprint density at radius 1 is 1.38 bits per heavy atom. The molecule has 0 bridgehead atoms. The minimum absolute atomic E-state index is 0.112. The predicted octanol–water partition coefficient (Wildman–Crippen LogP) is 2.75. The third-order valence-electron chi connectivity index (χ3n) is 2.75. The topological polar surface area (TPSA) is 72.7 Å². The van der Waals surface area contributed by atoms with Gasteiger partial charge in [0.1, 0.15) is 11.6 Å². The number of carbonyl (C=O) groups is 1. The Bertz CT molecular complexity index is 614. The Hall–Kier alpha value is -1.41. The number of hydrogen-bond donors (Lipinski definition) is 1. The van der Waals surface area contributed by atoms with E-state index in [1.807, 2.05) is 24.5 Å². The van der Waals surface area contributed by atoms with Gasteiger partial charge in [0.25, 0.3) is 0 Å². The van der Waals surface area contributed by atoms with Gasteiger partial charge in [0.05, 0.1) is 5.75 Å². The first-order valence-corrected chi connectivity index (χ1v) is 8.38. The van der Waals surface area contributed by atoms with Gasteiger partial charge in [-0.05, 0) is 35.0 Å². The van der Waals surface area contributed by atoms with E-state index in [1.165, 1.54) is 11.8 Å². The first-order chi connectivity index (χ1) is 10.1. The average Bonchev–Trinajstić information content (AvgIpc) is 2.89. The molecule has 6 nitrogen and oxygen atoms in total. The van der Waals surface area contributed by atoms with Crippen molar-refractivity contribution in [1.29, 1.82) is 0 Å². The summed E-state index contributed by atoms with van der Waals surface area (Å²) in [5.74, 6) is 1.64. The third kappa shape index (κ3) is 4.28. The quantitative estimate of drug-likeness (QED) is 0.792. The summed E-state index contributed by atoms with van der Waals surface area (Å²) in [6.07, 6.45) is 2.47. The summed E-state index contributed by atoms with van der Waals surface area (Å²) in [4.78, 5) is 16.0. The summed E-state index contributed by atoms with van der Waals surface area (Å²) in [5.41, 5.74) is 0. The molecule has 0 unspecified atom stereocenters. The number of thioether (sulfide) groups is 1. The molecule has 0 fully saturated rings. The van der Waals surface area contributed by atoms with Crippen LogP contribution in [-0.4, -0.2) is 31.4 Å². The van der Waals surface area contributed by atoms with Crippen molar-refractivity contribution < 1.29 is 4.79 Å². The molecule has 0 spiro atoms. The van der Waals surface area contributed by atoms with Gasteiger partial charge in [-0.1, -0.05) is 18.7 Å². The molecule has 112 valence electrons. The highest BCUT2D eigenvalue weighted by Gasteiger charge is 2.12. The molecule has 8 heteroatoms.